The molecular formula is C18H12FN5O. The molecule has 122 valence electrons. The average molecular weight is 333 g/mol. The number of carbonyl (C=O) groups is 1. The molecule has 0 radical (unpaired) electrons. The van der Waals surface area contributed by atoms with Crippen LogP contribution < -0.4 is 5.32 Å². The zero-order valence-corrected chi connectivity index (χ0v) is 12.9. The Balaban J connectivity index is 1.72. The summed E-state index contributed by atoms with van der Waals surface area (Å²) in [5.74, 6) is -0.423. The summed E-state index contributed by atoms with van der Waals surface area (Å²) in [6.45, 7) is 0. The monoisotopic (exact) mass is 333 g/mol. The van der Waals surface area contributed by atoms with E-state index in [2.05, 4.69) is 20.4 Å². The van der Waals surface area contributed by atoms with E-state index in [4.69, 9.17) is 0 Å². The predicted octanol–water partition coefficient (Wildman–Crippen LogP) is 3.18. The predicted molar refractivity (Wildman–Crippen MR) is 90.6 cm³/mol. The number of imidazole rings is 1. The van der Waals surface area contributed by atoms with E-state index in [-0.39, 0.29) is 17.4 Å². The Bertz CT molecular complexity index is 1060. The van der Waals surface area contributed by atoms with Crippen molar-refractivity contribution in [3.05, 3.63) is 78.5 Å². The Morgan fingerprint density at radius 3 is 2.64 bits per heavy atom. The van der Waals surface area contributed by atoms with Crippen LogP contribution in [-0.2, 0) is 0 Å². The van der Waals surface area contributed by atoms with Crippen LogP contribution in [0.2, 0.25) is 0 Å². The SMILES string of the molecule is O=C(Nc1ccc2ncc(-c3ccccc3F)n2n1)c1ccccn1. The minimum atomic E-state index is -0.375. The lowest BCUT2D eigenvalue weighted by Gasteiger charge is -2.06. The normalized spacial score (nSPS) is 10.8. The largest absolute Gasteiger partial charge is 0.304 e. The third-order valence-corrected chi connectivity index (χ3v) is 3.65. The Labute approximate surface area is 142 Å². The number of hydrogen-bond acceptors (Lipinski definition) is 4. The molecule has 0 aliphatic heterocycles. The summed E-state index contributed by atoms with van der Waals surface area (Å²) in [5, 5.41) is 7.02. The highest BCUT2D eigenvalue weighted by Crippen LogP contribution is 2.23. The smallest absolute Gasteiger partial charge is 0.275 e. The summed E-state index contributed by atoms with van der Waals surface area (Å²) in [5.41, 5.74) is 1.72. The van der Waals surface area contributed by atoms with Crippen LogP contribution in [0.4, 0.5) is 10.2 Å². The third-order valence-electron chi connectivity index (χ3n) is 3.65. The maximum atomic E-state index is 14.1. The van der Waals surface area contributed by atoms with Gasteiger partial charge in [0, 0.05) is 11.8 Å². The standard InChI is InChI=1S/C18H12FN5O/c19-13-6-2-1-5-12(13)15-11-21-17-9-8-16(23-24(15)17)22-18(25)14-7-3-4-10-20-14/h1-11H,(H,22,23,25). The number of hydrogen-bond donors (Lipinski definition) is 1. The van der Waals surface area contributed by atoms with Gasteiger partial charge in [0.2, 0.25) is 0 Å². The number of benzene rings is 1. The number of rotatable bonds is 3. The first-order chi connectivity index (χ1) is 12.2. The summed E-state index contributed by atoms with van der Waals surface area (Å²) in [6, 6.07) is 14.8. The van der Waals surface area contributed by atoms with Crippen LogP contribution in [0.3, 0.4) is 0 Å². The van der Waals surface area contributed by atoms with Gasteiger partial charge in [-0.05, 0) is 36.4 Å². The lowest BCUT2D eigenvalue weighted by molar-refractivity contribution is 0.102. The van der Waals surface area contributed by atoms with Crippen molar-refractivity contribution in [3.63, 3.8) is 0 Å². The Morgan fingerprint density at radius 1 is 1.00 bits per heavy atom. The summed E-state index contributed by atoms with van der Waals surface area (Å²) < 4.78 is 15.6. The lowest BCUT2D eigenvalue weighted by Crippen LogP contribution is -2.15. The van der Waals surface area contributed by atoms with Crippen LogP contribution in [0, 0.1) is 5.82 Å². The molecule has 0 saturated heterocycles. The molecule has 3 aromatic heterocycles. The fourth-order valence-electron chi connectivity index (χ4n) is 2.47. The van der Waals surface area contributed by atoms with Gasteiger partial charge in [-0.25, -0.2) is 13.9 Å². The van der Waals surface area contributed by atoms with Gasteiger partial charge in [0.15, 0.2) is 11.5 Å². The van der Waals surface area contributed by atoms with Crippen molar-refractivity contribution in [2.75, 3.05) is 5.32 Å². The first-order valence-corrected chi connectivity index (χ1v) is 7.54. The van der Waals surface area contributed by atoms with Crippen molar-refractivity contribution in [3.8, 4) is 11.3 Å². The molecule has 0 atom stereocenters. The van der Waals surface area contributed by atoms with Gasteiger partial charge in [-0.1, -0.05) is 18.2 Å². The third kappa shape index (κ3) is 2.83. The Hall–Kier alpha value is -3.61. The molecule has 0 saturated carbocycles. The van der Waals surface area contributed by atoms with E-state index in [1.54, 1.807) is 54.7 Å². The number of carbonyl (C=O) groups excluding carboxylic acids is 1. The minimum absolute atomic E-state index is 0.282. The fourth-order valence-corrected chi connectivity index (χ4v) is 2.47. The highest BCUT2D eigenvalue weighted by molar-refractivity contribution is 6.02. The number of fused-ring (bicyclic) bond motifs is 1. The van der Waals surface area contributed by atoms with Crippen LogP contribution >= 0.6 is 0 Å². The Kier molecular flexibility index (Phi) is 3.66. The Morgan fingerprint density at radius 2 is 1.84 bits per heavy atom. The van der Waals surface area contributed by atoms with E-state index >= 15 is 0 Å². The highest BCUT2D eigenvalue weighted by Gasteiger charge is 2.13. The second kappa shape index (κ2) is 6.12. The van der Waals surface area contributed by atoms with Gasteiger partial charge >= 0.3 is 0 Å². The number of nitrogens with zero attached hydrogens (tertiary/aromatic N) is 4. The maximum absolute atomic E-state index is 14.1. The second-order valence-corrected chi connectivity index (χ2v) is 5.28. The van der Waals surface area contributed by atoms with Gasteiger partial charge in [-0.15, -0.1) is 5.10 Å². The highest BCUT2D eigenvalue weighted by atomic mass is 19.1. The molecule has 1 amide bonds. The molecule has 1 aromatic carbocycles. The molecule has 0 bridgehead atoms. The molecule has 4 rings (SSSR count). The molecule has 3 heterocycles. The number of aromatic nitrogens is 4. The number of pyridine rings is 1. The molecule has 0 fully saturated rings. The van der Waals surface area contributed by atoms with E-state index in [1.807, 2.05) is 0 Å². The molecule has 4 aromatic rings. The summed E-state index contributed by atoms with van der Waals surface area (Å²) in [7, 11) is 0. The first kappa shape index (κ1) is 14.9. The summed E-state index contributed by atoms with van der Waals surface area (Å²) in [4.78, 5) is 20.4. The van der Waals surface area contributed by atoms with Crippen LogP contribution in [0.15, 0.2) is 67.0 Å². The van der Waals surface area contributed by atoms with Crippen molar-refractivity contribution in [2.24, 2.45) is 0 Å². The zero-order chi connectivity index (χ0) is 17.2. The molecule has 6 nitrogen and oxygen atoms in total. The van der Waals surface area contributed by atoms with Crippen molar-refractivity contribution >= 4 is 17.4 Å². The zero-order valence-electron chi connectivity index (χ0n) is 12.9. The van der Waals surface area contributed by atoms with Gasteiger partial charge in [-0.2, -0.15) is 0 Å². The molecule has 0 aliphatic rings. The number of halogens is 1. The van der Waals surface area contributed by atoms with Gasteiger partial charge in [0.1, 0.15) is 11.5 Å². The quantitative estimate of drug-likeness (QED) is 0.625. The fraction of sp³-hybridized carbons (Fsp3) is 0. The molecule has 0 unspecified atom stereocenters. The molecule has 1 N–H and O–H groups in total. The van der Waals surface area contributed by atoms with E-state index < -0.39 is 0 Å². The molecule has 25 heavy (non-hydrogen) atoms. The molecular weight excluding hydrogens is 321 g/mol. The number of amides is 1. The lowest BCUT2D eigenvalue weighted by atomic mass is 10.1. The van der Waals surface area contributed by atoms with Gasteiger partial charge in [0.25, 0.3) is 5.91 Å². The first-order valence-electron chi connectivity index (χ1n) is 7.54. The van der Waals surface area contributed by atoms with Crippen LogP contribution in [0.1, 0.15) is 10.5 Å². The van der Waals surface area contributed by atoms with Gasteiger partial charge < -0.3 is 5.32 Å². The van der Waals surface area contributed by atoms with Gasteiger partial charge in [0.05, 0.1) is 11.9 Å². The van der Waals surface area contributed by atoms with Crippen LogP contribution in [0.25, 0.3) is 16.9 Å². The molecule has 7 heteroatoms. The van der Waals surface area contributed by atoms with Gasteiger partial charge in [-0.3, -0.25) is 9.78 Å². The molecule has 0 aliphatic carbocycles. The maximum Gasteiger partial charge on any atom is 0.275 e. The van der Waals surface area contributed by atoms with Crippen molar-refractivity contribution < 1.29 is 9.18 Å². The molecule has 0 spiro atoms. The summed E-state index contributed by atoms with van der Waals surface area (Å²) >= 11 is 0. The topological polar surface area (TPSA) is 72.2 Å². The van der Waals surface area contributed by atoms with E-state index in [0.29, 0.717) is 22.7 Å². The van der Waals surface area contributed by atoms with Crippen LogP contribution in [0.5, 0.6) is 0 Å². The van der Waals surface area contributed by atoms with E-state index in [1.165, 1.54) is 16.8 Å². The van der Waals surface area contributed by atoms with Crippen molar-refractivity contribution in [1.82, 2.24) is 19.6 Å². The number of nitrogens with one attached hydrogen (secondary N) is 1. The van der Waals surface area contributed by atoms with E-state index in [9.17, 15) is 9.18 Å². The second-order valence-electron chi connectivity index (χ2n) is 5.28. The van der Waals surface area contributed by atoms with Crippen molar-refractivity contribution in [2.45, 2.75) is 0 Å². The van der Waals surface area contributed by atoms with Crippen LogP contribution in [-0.4, -0.2) is 25.5 Å². The van der Waals surface area contributed by atoms with Crippen molar-refractivity contribution in [1.29, 1.82) is 0 Å². The number of anilines is 1. The summed E-state index contributed by atoms with van der Waals surface area (Å²) in [6.07, 6.45) is 3.09. The average Bonchev–Trinajstić information content (AvgIpc) is 3.06. The van der Waals surface area contributed by atoms with E-state index in [0.717, 1.165) is 0 Å². The minimum Gasteiger partial charge on any atom is -0.304 e.